The first-order valence-electron chi connectivity index (χ1n) is 12.9. The summed E-state index contributed by atoms with van der Waals surface area (Å²) in [7, 11) is 0. The van der Waals surface area contributed by atoms with Crippen LogP contribution < -0.4 is 11.4 Å². The van der Waals surface area contributed by atoms with E-state index >= 15 is 0 Å². The van der Waals surface area contributed by atoms with Crippen LogP contribution in [0.15, 0.2) is 83.7 Å². The molecule has 1 unspecified atom stereocenters. The molecule has 0 aliphatic carbocycles. The number of hydrogen-bond acceptors (Lipinski definition) is 4. The van der Waals surface area contributed by atoms with Crippen molar-refractivity contribution in [2.24, 2.45) is 11.7 Å². The third-order valence-electron chi connectivity index (χ3n) is 6.52. The van der Waals surface area contributed by atoms with Crippen LogP contribution in [0.5, 0.6) is 0 Å². The van der Waals surface area contributed by atoms with E-state index in [9.17, 15) is 9.59 Å². The first-order chi connectivity index (χ1) is 18.3. The maximum atomic E-state index is 13.9. The van der Waals surface area contributed by atoms with Crippen molar-refractivity contribution in [3.63, 3.8) is 0 Å². The number of halogens is 1. The number of hydrogen-bond donors (Lipinski definition) is 1. The van der Waals surface area contributed by atoms with E-state index in [1.807, 2.05) is 80.3 Å². The van der Waals surface area contributed by atoms with E-state index in [2.05, 4.69) is 0 Å². The Morgan fingerprint density at radius 1 is 1.03 bits per heavy atom. The Hall–Kier alpha value is -3.68. The Kier molecular flexibility index (Phi) is 8.81. The Morgan fingerprint density at radius 2 is 1.74 bits per heavy atom. The average Bonchev–Trinajstić information content (AvgIpc) is 3.22. The standard InChI is InChI=1S/C30H34ClN5O2/c1-21(2)27(34(18-8-17-32)29(37)24-15-13-22(3)14-16-24)28-33-36(26-12-7-11-25(31)19-26)30(38)35(28)20-23-9-5-4-6-10-23/h4-7,9-16,19,21,27H,8,17-18,20,32H2,1-3H3. The number of benzene rings is 3. The van der Waals surface area contributed by atoms with Gasteiger partial charge in [0.15, 0.2) is 5.82 Å². The lowest BCUT2D eigenvalue weighted by molar-refractivity contribution is 0.0603. The lowest BCUT2D eigenvalue weighted by Gasteiger charge is -2.34. The van der Waals surface area contributed by atoms with Gasteiger partial charge in [0.05, 0.1) is 18.3 Å². The fraction of sp³-hybridized carbons (Fsp3) is 0.300. The molecule has 0 radical (unpaired) electrons. The van der Waals surface area contributed by atoms with Crippen LogP contribution in [-0.2, 0) is 6.54 Å². The number of amides is 1. The van der Waals surface area contributed by atoms with Crippen LogP contribution in [0.25, 0.3) is 5.69 Å². The fourth-order valence-electron chi connectivity index (χ4n) is 4.61. The van der Waals surface area contributed by atoms with Crippen molar-refractivity contribution >= 4 is 17.5 Å². The molecule has 1 heterocycles. The molecule has 0 aliphatic rings. The minimum Gasteiger partial charge on any atom is -0.330 e. The minimum absolute atomic E-state index is 0.0358. The SMILES string of the molecule is Cc1ccc(C(=O)N(CCCN)C(c2nn(-c3cccc(Cl)c3)c(=O)n2Cc2ccccc2)C(C)C)cc1. The largest absolute Gasteiger partial charge is 0.351 e. The van der Waals surface area contributed by atoms with Crippen molar-refractivity contribution in [3.05, 3.63) is 117 Å². The molecule has 3 aromatic carbocycles. The number of aryl methyl sites for hydroxylation is 1. The number of aromatic nitrogens is 3. The molecule has 0 bridgehead atoms. The lowest BCUT2D eigenvalue weighted by Crippen LogP contribution is -2.40. The van der Waals surface area contributed by atoms with Crippen LogP contribution in [0.3, 0.4) is 0 Å². The van der Waals surface area contributed by atoms with Crippen LogP contribution in [0.2, 0.25) is 5.02 Å². The van der Waals surface area contributed by atoms with Gasteiger partial charge in [-0.25, -0.2) is 4.79 Å². The van der Waals surface area contributed by atoms with E-state index in [1.165, 1.54) is 4.68 Å². The zero-order valence-corrected chi connectivity index (χ0v) is 22.8. The molecular formula is C30H34ClN5O2. The molecule has 1 atom stereocenters. The van der Waals surface area contributed by atoms with Crippen LogP contribution in [0.1, 0.15) is 53.6 Å². The van der Waals surface area contributed by atoms with Crippen LogP contribution in [0, 0.1) is 12.8 Å². The van der Waals surface area contributed by atoms with Gasteiger partial charge in [-0.05, 0) is 61.7 Å². The monoisotopic (exact) mass is 531 g/mol. The van der Waals surface area contributed by atoms with Crippen molar-refractivity contribution in [2.45, 2.75) is 39.8 Å². The third-order valence-corrected chi connectivity index (χ3v) is 6.76. The van der Waals surface area contributed by atoms with E-state index in [-0.39, 0.29) is 17.5 Å². The maximum absolute atomic E-state index is 13.9. The molecule has 8 heteroatoms. The molecule has 2 N–H and O–H groups in total. The highest BCUT2D eigenvalue weighted by atomic mass is 35.5. The molecule has 1 aromatic heterocycles. The van der Waals surface area contributed by atoms with Gasteiger partial charge in [0.1, 0.15) is 0 Å². The molecule has 0 aliphatic heterocycles. The summed E-state index contributed by atoms with van der Waals surface area (Å²) < 4.78 is 3.04. The maximum Gasteiger partial charge on any atom is 0.351 e. The highest BCUT2D eigenvalue weighted by Crippen LogP contribution is 2.30. The number of nitrogens with two attached hydrogens (primary N) is 1. The number of carbonyl (C=O) groups excluding carboxylic acids is 1. The van der Waals surface area contributed by atoms with Crippen molar-refractivity contribution in [1.29, 1.82) is 0 Å². The summed E-state index contributed by atoms with van der Waals surface area (Å²) in [5.74, 6) is 0.366. The zero-order chi connectivity index (χ0) is 27.2. The van der Waals surface area contributed by atoms with E-state index < -0.39 is 6.04 Å². The summed E-state index contributed by atoms with van der Waals surface area (Å²) in [4.78, 5) is 29.6. The molecule has 1 amide bonds. The van der Waals surface area contributed by atoms with Gasteiger partial charge in [-0.2, -0.15) is 4.68 Å². The Bertz CT molecular complexity index is 1430. The van der Waals surface area contributed by atoms with Gasteiger partial charge in [0.25, 0.3) is 5.91 Å². The first-order valence-corrected chi connectivity index (χ1v) is 13.2. The molecule has 0 fully saturated rings. The highest BCUT2D eigenvalue weighted by molar-refractivity contribution is 6.30. The van der Waals surface area contributed by atoms with E-state index in [0.717, 1.165) is 11.1 Å². The smallest absolute Gasteiger partial charge is 0.330 e. The first kappa shape index (κ1) is 27.4. The van der Waals surface area contributed by atoms with Gasteiger partial charge in [0.2, 0.25) is 0 Å². The van der Waals surface area contributed by atoms with Gasteiger partial charge in [0, 0.05) is 17.1 Å². The molecule has 4 aromatic rings. The van der Waals surface area contributed by atoms with Gasteiger partial charge < -0.3 is 10.6 Å². The molecule has 0 spiro atoms. The Labute approximate surface area is 228 Å². The van der Waals surface area contributed by atoms with E-state index in [1.54, 1.807) is 28.8 Å². The zero-order valence-electron chi connectivity index (χ0n) is 22.0. The summed E-state index contributed by atoms with van der Waals surface area (Å²) in [6.07, 6.45) is 0.624. The number of carbonyl (C=O) groups is 1. The van der Waals surface area contributed by atoms with Crippen molar-refractivity contribution in [2.75, 3.05) is 13.1 Å². The topological polar surface area (TPSA) is 86.2 Å². The van der Waals surface area contributed by atoms with Crippen molar-refractivity contribution in [3.8, 4) is 5.69 Å². The quantitative estimate of drug-likeness (QED) is 0.303. The van der Waals surface area contributed by atoms with Gasteiger partial charge >= 0.3 is 5.69 Å². The summed E-state index contributed by atoms with van der Waals surface area (Å²) >= 11 is 6.25. The predicted octanol–water partition coefficient (Wildman–Crippen LogP) is 5.23. The second-order valence-corrected chi connectivity index (χ2v) is 10.2. The third kappa shape index (κ3) is 6.06. The molecule has 0 saturated heterocycles. The second kappa shape index (κ2) is 12.2. The van der Waals surface area contributed by atoms with Crippen LogP contribution in [0.4, 0.5) is 0 Å². The van der Waals surface area contributed by atoms with Crippen LogP contribution in [-0.4, -0.2) is 38.2 Å². The number of rotatable bonds is 10. The summed E-state index contributed by atoms with van der Waals surface area (Å²) in [5, 5.41) is 5.35. The summed E-state index contributed by atoms with van der Waals surface area (Å²) in [5.41, 5.74) is 8.77. The molecule has 198 valence electrons. The average molecular weight is 532 g/mol. The summed E-state index contributed by atoms with van der Waals surface area (Å²) in [6.45, 7) is 7.27. The molecule has 0 saturated carbocycles. The Morgan fingerprint density at radius 3 is 2.37 bits per heavy atom. The van der Waals surface area contributed by atoms with Crippen molar-refractivity contribution < 1.29 is 4.79 Å². The fourth-order valence-corrected chi connectivity index (χ4v) is 4.79. The van der Waals surface area contributed by atoms with Crippen LogP contribution >= 0.6 is 11.6 Å². The lowest BCUT2D eigenvalue weighted by atomic mass is 9.99. The molecule has 4 rings (SSSR count). The van der Waals surface area contributed by atoms with Gasteiger partial charge in [-0.1, -0.05) is 79.5 Å². The summed E-state index contributed by atoms with van der Waals surface area (Å²) in [6, 6.07) is 23.9. The van der Waals surface area contributed by atoms with E-state index in [4.69, 9.17) is 22.4 Å². The number of nitrogens with zero attached hydrogens (tertiary/aromatic N) is 4. The second-order valence-electron chi connectivity index (χ2n) is 9.80. The van der Waals surface area contributed by atoms with Gasteiger partial charge in [-0.15, -0.1) is 5.10 Å². The molecular weight excluding hydrogens is 498 g/mol. The Balaban J connectivity index is 1.88. The molecule has 38 heavy (non-hydrogen) atoms. The predicted molar refractivity (Wildman–Crippen MR) is 152 cm³/mol. The van der Waals surface area contributed by atoms with Gasteiger partial charge in [-0.3, -0.25) is 9.36 Å². The minimum atomic E-state index is -0.466. The van der Waals surface area contributed by atoms with E-state index in [0.29, 0.717) is 48.2 Å². The normalized spacial score (nSPS) is 12.1. The highest BCUT2D eigenvalue weighted by Gasteiger charge is 2.34. The van der Waals surface area contributed by atoms with Crippen molar-refractivity contribution in [1.82, 2.24) is 19.2 Å². The molecule has 7 nitrogen and oxygen atoms in total.